The van der Waals surface area contributed by atoms with Crippen LogP contribution in [-0.2, 0) is 4.79 Å². The van der Waals surface area contributed by atoms with Crippen molar-refractivity contribution in [3.05, 3.63) is 0 Å². The minimum Gasteiger partial charge on any atom is -0.301 e. The Hall–Kier alpha value is 0.0600. The maximum absolute atomic E-state index is 10.9. The Morgan fingerprint density at radius 2 is 2.20 bits per heavy atom. The predicted molar refractivity (Wildman–Crippen MR) is 46.9 cm³/mol. The van der Waals surface area contributed by atoms with E-state index in [0.717, 1.165) is 32.2 Å². The van der Waals surface area contributed by atoms with Gasteiger partial charge in [0.25, 0.3) is 0 Å². The largest absolute Gasteiger partial charge is 0.301 e. The summed E-state index contributed by atoms with van der Waals surface area (Å²) in [6.07, 6.45) is 3.42. The second-order valence-electron chi connectivity index (χ2n) is 2.35. The van der Waals surface area contributed by atoms with Gasteiger partial charge in [0, 0.05) is 12.8 Å². The Bertz CT molecular complexity index is 95.6. The Balaban J connectivity index is 3.05. The first kappa shape index (κ1) is 10.1. The van der Waals surface area contributed by atoms with Gasteiger partial charge in [-0.15, -0.1) is 0 Å². The van der Waals surface area contributed by atoms with Crippen molar-refractivity contribution in [3.8, 4) is 0 Å². The molecule has 0 rings (SSSR count). The molecule has 1 atom stereocenters. The molecule has 0 bridgehead atoms. The molecule has 0 aromatic carbocycles. The first-order valence-electron chi connectivity index (χ1n) is 3.76. The van der Waals surface area contributed by atoms with Crippen LogP contribution in [0.4, 0.5) is 0 Å². The molecule has 0 aliphatic rings. The number of rotatable bonds is 6. The van der Waals surface area contributed by atoms with Crippen molar-refractivity contribution in [1.82, 2.24) is 5.09 Å². The zero-order valence-corrected chi connectivity index (χ0v) is 7.68. The molecule has 2 nitrogen and oxygen atoms in total. The molecule has 0 saturated heterocycles. The smallest absolute Gasteiger partial charge is 0.132 e. The van der Waals surface area contributed by atoms with Gasteiger partial charge >= 0.3 is 0 Å². The van der Waals surface area contributed by atoms with Crippen molar-refractivity contribution in [2.75, 3.05) is 6.54 Å². The molecule has 0 fully saturated rings. The minimum absolute atomic E-state index is 0.391. The lowest BCUT2D eigenvalue weighted by atomic mass is 10.1. The third-order valence-corrected chi connectivity index (χ3v) is 1.59. The first-order valence-corrected chi connectivity index (χ1v) is 4.34. The lowest BCUT2D eigenvalue weighted by Crippen LogP contribution is -2.04. The highest BCUT2D eigenvalue weighted by molar-refractivity contribution is 7.13. The SMILES string of the molecule is CCCC(=O)CCCNP. The zero-order valence-electron chi connectivity index (χ0n) is 6.52. The number of hydrogen-bond acceptors (Lipinski definition) is 2. The van der Waals surface area contributed by atoms with Gasteiger partial charge in [0.15, 0.2) is 0 Å². The van der Waals surface area contributed by atoms with Crippen molar-refractivity contribution >= 4 is 15.2 Å². The van der Waals surface area contributed by atoms with E-state index in [4.69, 9.17) is 0 Å². The maximum atomic E-state index is 10.9. The van der Waals surface area contributed by atoms with Crippen molar-refractivity contribution < 1.29 is 4.79 Å². The van der Waals surface area contributed by atoms with Gasteiger partial charge in [0.1, 0.15) is 5.78 Å². The van der Waals surface area contributed by atoms with Crippen molar-refractivity contribution in [3.63, 3.8) is 0 Å². The summed E-state index contributed by atoms with van der Waals surface area (Å²) in [5.41, 5.74) is 0. The number of carbonyl (C=O) groups excluding carboxylic acids is 1. The quantitative estimate of drug-likeness (QED) is 0.472. The van der Waals surface area contributed by atoms with E-state index in [2.05, 4.69) is 14.5 Å². The van der Waals surface area contributed by atoms with Crippen LogP contribution in [0.25, 0.3) is 0 Å². The van der Waals surface area contributed by atoms with Crippen molar-refractivity contribution in [2.24, 2.45) is 0 Å². The maximum Gasteiger partial charge on any atom is 0.132 e. The van der Waals surface area contributed by atoms with Crippen molar-refractivity contribution in [2.45, 2.75) is 32.6 Å². The molecule has 3 heteroatoms. The molecule has 0 aliphatic heterocycles. The molecule has 0 radical (unpaired) electrons. The van der Waals surface area contributed by atoms with Gasteiger partial charge in [0.2, 0.25) is 0 Å². The predicted octanol–water partition coefficient (Wildman–Crippen LogP) is 1.52. The van der Waals surface area contributed by atoms with Gasteiger partial charge < -0.3 is 5.09 Å². The van der Waals surface area contributed by atoms with Gasteiger partial charge in [-0.3, -0.25) is 4.79 Å². The summed E-state index contributed by atoms with van der Waals surface area (Å²) in [4.78, 5) is 10.9. The lowest BCUT2D eigenvalue weighted by molar-refractivity contribution is -0.119. The van der Waals surface area contributed by atoms with E-state index in [1.165, 1.54) is 0 Å². The van der Waals surface area contributed by atoms with E-state index in [0.29, 0.717) is 5.78 Å². The molecule has 60 valence electrons. The molecule has 10 heavy (non-hydrogen) atoms. The molecule has 0 heterocycles. The summed E-state index contributed by atoms with van der Waals surface area (Å²) in [5.74, 6) is 0.391. The van der Waals surface area contributed by atoms with Crippen molar-refractivity contribution in [1.29, 1.82) is 0 Å². The second kappa shape index (κ2) is 7.17. The van der Waals surface area contributed by atoms with E-state index in [1.807, 2.05) is 6.92 Å². The molecule has 0 aromatic heterocycles. The first-order chi connectivity index (χ1) is 4.81. The number of hydrogen-bond donors (Lipinski definition) is 1. The average molecular weight is 161 g/mol. The highest BCUT2D eigenvalue weighted by atomic mass is 31.0. The Kier molecular flexibility index (Phi) is 7.21. The van der Waals surface area contributed by atoms with Crippen LogP contribution in [0.2, 0.25) is 0 Å². The van der Waals surface area contributed by atoms with Crippen LogP contribution in [0.5, 0.6) is 0 Å². The molecule has 0 saturated carbocycles. The Morgan fingerprint density at radius 1 is 1.50 bits per heavy atom. The van der Waals surface area contributed by atoms with Gasteiger partial charge in [-0.25, -0.2) is 0 Å². The van der Waals surface area contributed by atoms with Crippen LogP contribution in [0.1, 0.15) is 32.6 Å². The number of nitrogens with one attached hydrogen (secondary N) is 1. The highest BCUT2D eigenvalue weighted by Gasteiger charge is 1.97. The summed E-state index contributed by atoms with van der Waals surface area (Å²) >= 11 is 0. The van der Waals surface area contributed by atoms with Gasteiger partial charge in [-0.2, -0.15) is 0 Å². The molecule has 0 aliphatic carbocycles. The fourth-order valence-electron chi connectivity index (χ4n) is 0.791. The van der Waals surface area contributed by atoms with E-state index < -0.39 is 0 Å². The molecule has 0 spiro atoms. The standard InChI is InChI=1S/C7H16NOP/c1-2-4-7(9)5-3-6-8-10/h8H,2-6,10H2,1H3. The van der Waals surface area contributed by atoms with Crippen LogP contribution in [0.15, 0.2) is 0 Å². The van der Waals surface area contributed by atoms with E-state index in [-0.39, 0.29) is 0 Å². The zero-order chi connectivity index (χ0) is 7.82. The van der Waals surface area contributed by atoms with Crippen LogP contribution in [0.3, 0.4) is 0 Å². The Labute approximate surface area is 65.0 Å². The summed E-state index contributed by atoms with van der Waals surface area (Å²) in [6, 6.07) is 0. The fraction of sp³-hybridized carbons (Fsp3) is 0.857. The monoisotopic (exact) mass is 161 g/mol. The summed E-state index contributed by atoms with van der Waals surface area (Å²) in [6.45, 7) is 2.95. The van der Waals surface area contributed by atoms with Gasteiger partial charge in [-0.05, 0) is 19.4 Å². The molecular weight excluding hydrogens is 145 g/mol. The Morgan fingerprint density at radius 3 is 2.70 bits per heavy atom. The average Bonchev–Trinajstić information content (AvgIpc) is 1.89. The third kappa shape index (κ3) is 6.18. The lowest BCUT2D eigenvalue weighted by Gasteiger charge is -1.97. The summed E-state index contributed by atoms with van der Waals surface area (Å²) in [5, 5.41) is 2.93. The van der Waals surface area contributed by atoms with Gasteiger partial charge in [-0.1, -0.05) is 16.3 Å². The van der Waals surface area contributed by atoms with E-state index in [1.54, 1.807) is 0 Å². The summed E-state index contributed by atoms with van der Waals surface area (Å²) < 4.78 is 0. The number of Topliss-reactive ketones (excluding diaryl/α,β-unsaturated/α-hetero) is 1. The molecule has 1 N–H and O–H groups in total. The number of carbonyl (C=O) groups is 1. The van der Waals surface area contributed by atoms with Crippen LogP contribution < -0.4 is 5.09 Å². The summed E-state index contributed by atoms with van der Waals surface area (Å²) in [7, 11) is 2.43. The van der Waals surface area contributed by atoms with Crippen LogP contribution >= 0.6 is 9.39 Å². The van der Waals surface area contributed by atoms with E-state index >= 15 is 0 Å². The topological polar surface area (TPSA) is 29.1 Å². The minimum atomic E-state index is 0.391. The van der Waals surface area contributed by atoms with Crippen LogP contribution in [0, 0.1) is 0 Å². The number of ketones is 1. The molecule has 0 aromatic rings. The molecule has 1 unspecified atom stereocenters. The highest BCUT2D eigenvalue weighted by Crippen LogP contribution is 1.97. The van der Waals surface area contributed by atoms with Gasteiger partial charge in [0.05, 0.1) is 0 Å². The molecular formula is C7H16NOP. The third-order valence-electron chi connectivity index (χ3n) is 1.31. The van der Waals surface area contributed by atoms with E-state index in [9.17, 15) is 4.79 Å². The second-order valence-corrected chi connectivity index (χ2v) is 2.75. The normalized spacial score (nSPS) is 9.80. The van der Waals surface area contributed by atoms with Crippen LogP contribution in [-0.4, -0.2) is 12.3 Å². The fourth-order valence-corrected chi connectivity index (χ4v) is 0.996. The molecule has 0 amide bonds.